The number of nitrogens with zero attached hydrogens (tertiary/aromatic N) is 8. The number of amides is 4. The summed E-state index contributed by atoms with van der Waals surface area (Å²) >= 11 is 50.7. The lowest BCUT2D eigenvalue weighted by Crippen LogP contribution is -2.29. The number of carbonyl (C=O) groups excluding carboxylic acids is 4. The molecule has 6 N–H and O–H groups in total. The van der Waals surface area contributed by atoms with Crippen LogP contribution in [0.5, 0.6) is 0 Å². The number of carbonyl (C=O) groups is 4. The highest BCUT2D eigenvalue weighted by Gasteiger charge is 2.38. The number of H-pyrrole nitrogens is 2. The number of aromatic amines is 2. The molecule has 6 heterocycles. The van der Waals surface area contributed by atoms with Gasteiger partial charge in [-0.05, 0) is 143 Å². The third kappa shape index (κ3) is 17.2. The summed E-state index contributed by atoms with van der Waals surface area (Å²) in [6, 6.07) is 33.2. The first-order valence-electron chi connectivity index (χ1n) is 31.8. The van der Waals surface area contributed by atoms with Gasteiger partial charge in [-0.3, -0.25) is 38.4 Å². The van der Waals surface area contributed by atoms with Crippen LogP contribution >= 0.6 is 92.8 Å². The molecule has 0 bridgehead atoms. The molecule has 10 aromatic rings. The molecule has 528 valence electrons. The summed E-state index contributed by atoms with van der Waals surface area (Å²) in [6.45, 7) is 15.6. The molecule has 0 radical (unpaired) electrons. The summed E-state index contributed by atoms with van der Waals surface area (Å²) < 4.78 is 2.66. The first kappa shape index (κ1) is 77.2. The molecule has 2 aliphatic rings. The average Bonchev–Trinajstić information content (AvgIpc) is 1.61. The molecule has 102 heavy (non-hydrogen) atoms. The minimum atomic E-state index is -0.417. The number of nitrogens with one attached hydrogen (secondary N) is 2. The number of anilines is 4. The van der Waals surface area contributed by atoms with Crippen molar-refractivity contribution in [3.05, 3.63) is 292 Å². The smallest absolute Gasteiger partial charge is 0.269 e. The Balaban J connectivity index is 0.000000161. The molecule has 0 aliphatic carbocycles. The van der Waals surface area contributed by atoms with Gasteiger partial charge in [-0.25, -0.2) is 29.4 Å². The molecular formula is C74H68Cl8N12O8. The van der Waals surface area contributed by atoms with Crippen molar-refractivity contribution in [2.75, 3.05) is 21.3 Å². The highest BCUT2D eigenvalue weighted by Crippen LogP contribution is 2.39. The van der Waals surface area contributed by atoms with Crippen LogP contribution in [0.1, 0.15) is 188 Å². The molecule has 4 aromatic heterocycles. The summed E-state index contributed by atoms with van der Waals surface area (Å²) in [7, 11) is 3.25. The van der Waals surface area contributed by atoms with E-state index in [4.69, 9.17) is 104 Å². The Morgan fingerprint density at radius 2 is 0.588 bits per heavy atom. The van der Waals surface area contributed by atoms with E-state index in [0.29, 0.717) is 149 Å². The highest BCUT2D eigenvalue weighted by atomic mass is 35.5. The number of nitrogens with two attached hydrogens (primary N) is 2. The number of imide groups is 2. The normalized spacial score (nSPS) is 12.4. The molecule has 28 heteroatoms. The summed E-state index contributed by atoms with van der Waals surface area (Å²) in [5.41, 5.74) is 21.9. The number of halogens is 8. The molecule has 0 atom stereocenters. The zero-order valence-corrected chi connectivity index (χ0v) is 62.8. The number of hydrogen-bond acceptors (Lipinski definition) is 14. The Kier molecular flexibility index (Phi) is 24.7. The number of aromatic nitrogens is 8. The maximum atomic E-state index is 12.8. The second-order valence-corrected chi connectivity index (χ2v) is 28.6. The van der Waals surface area contributed by atoms with E-state index in [0.717, 1.165) is 32.2 Å². The fourth-order valence-corrected chi connectivity index (χ4v) is 13.8. The van der Waals surface area contributed by atoms with Crippen molar-refractivity contribution in [1.29, 1.82) is 0 Å². The molecule has 12 rings (SSSR count). The van der Waals surface area contributed by atoms with Gasteiger partial charge in [0.15, 0.2) is 0 Å². The van der Waals surface area contributed by atoms with Crippen LogP contribution in [0.25, 0.3) is 0 Å². The van der Waals surface area contributed by atoms with Crippen molar-refractivity contribution in [2.24, 2.45) is 14.1 Å². The summed E-state index contributed by atoms with van der Waals surface area (Å²) in [5.74, 6) is -1.33. The molecule has 2 aliphatic heterocycles. The first-order valence-corrected chi connectivity index (χ1v) is 34.9. The van der Waals surface area contributed by atoms with Gasteiger partial charge in [0.1, 0.15) is 0 Å². The number of rotatable bonds is 14. The van der Waals surface area contributed by atoms with Crippen molar-refractivity contribution in [1.82, 2.24) is 40.0 Å². The zero-order valence-electron chi connectivity index (χ0n) is 56.7. The quantitative estimate of drug-likeness (QED) is 0.0582. The van der Waals surface area contributed by atoms with Crippen molar-refractivity contribution < 1.29 is 19.2 Å². The predicted octanol–water partition coefficient (Wildman–Crippen LogP) is 15.9. The van der Waals surface area contributed by atoms with Gasteiger partial charge in [-0.2, -0.15) is 20.4 Å². The molecule has 0 spiro atoms. The summed E-state index contributed by atoms with van der Waals surface area (Å²) in [5, 5.41) is 24.9. The van der Waals surface area contributed by atoms with E-state index in [-0.39, 0.29) is 52.3 Å². The van der Waals surface area contributed by atoms with Crippen LogP contribution in [0.3, 0.4) is 0 Å². The van der Waals surface area contributed by atoms with Crippen LogP contribution in [-0.2, 0) is 39.8 Å². The first-order chi connectivity index (χ1) is 48.1. The van der Waals surface area contributed by atoms with Crippen molar-refractivity contribution in [2.45, 2.75) is 105 Å². The molecular weight excluding hydrogens is 1470 g/mol. The van der Waals surface area contributed by atoms with Gasteiger partial charge in [0.2, 0.25) is 0 Å². The Morgan fingerprint density at radius 1 is 0.353 bits per heavy atom. The Morgan fingerprint density at radius 3 is 0.843 bits per heavy atom. The van der Waals surface area contributed by atoms with Crippen LogP contribution in [0.2, 0.25) is 40.2 Å². The summed E-state index contributed by atoms with van der Waals surface area (Å²) in [4.78, 5) is 101. The maximum Gasteiger partial charge on any atom is 0.269 e. The third-order valence-electron chi connectivity index (χ3n) is 16.7. The van der Waals surface area contributed by atoms with E-state index in [1.807, 2.05) is 61.5 Å². The average molecular weight is 1540 g/mol. The van der Waals surface area contributed by atoms with Crippen LogP contribution in [0.4, 0.5) is 22.7 Å². The highest BCUT2D eigenvalue weighted by molar-refractivity contribution is 6.41. The number of hydrogen-bond donors (Lipinski definition) is 4. The molecule has 0 saturated carbocycles. The van der Waals surface area contributed by atoms with Gasteiger partial charge >= 0.3 is 0 Å². The lowest BCUT2D eigenvalue weighted by Gasteiger charge is -2.17. The minimum Gasteiger partial charge on any atom is -0.399 e. The van der Waals surface area contributed by atoms with E-state index in [2.05, 4.69) is 30.6 Å². The van der Waals surface area contributed by atoms with Gasteiger partial charge in [-0.15, -0.1) is 0 Å². The number of benzene rings is 6. The van der Waals surface area contributed by atoms with Crippen LogP contribution in [-0.4, -0.2) is 63.6 Å². The SMILES string of the molecule is CC(C)c1cc(Cc2c(Cl)cc(N)cc2Cl)n[nH]c1=O.CC(C)c1cc(Cc2c(Cl)cc(N)cc2Cl)nn(C)c1=O.CC(C)c1cc(Cc2c(Cl)cc(N3C(=O)c4ccccc4C3=O)cc2Cl)n[nH]c1=O.CC(C)c1cc(Cc2c(Cl)cc(N3C(=O)c4ccccc4C3=O)cc2Cl)nn(C)c1=O. The Bertz CT molecular complexity index is 5080. The standard InChI is InChI=1S/C23H19Cl2N3O3.C22H17Cl2N3O3.C15H17Cl2N3O.C14H15Cl2N3O/c1-12(2)17-8-13(26-27(3)21(17)29)9-18-19(24)10-14(11-20(18)25)28-22(30)15-6-4-5-7-16(15)23(28)31;1-11(2)16-7-12(25-26-20(16)28)8-17-18(23)9-13(10-19(17)24)27-21(29)14-5-3-4-6-15(14)22(27)30;1-8(2)11-6-10(19-20(3)15(11)21)7-12-13(16)4-9(18)5-14(12)17;1-7(2)10-5-9(18-19-14(10)20)6-11-12(15)3-8(17)4-13(11)16/h4-8,10-12H,9H2,1-3H3;3-7,9-11H,8H2,1-2H3,(H,26,28);4-6,8H,7,18H2,1-3H3;3-5,7H,6,17H2,1-2H3,(H,19,20). The fourth-order valence-electron chi connectivity index (χ4n) is 11.3. The van der Waals surface area contributed by atoms with Gasteiger partial charge in [0, 0.05) is 114 Å². The Labute approximate surface area is 626 Å². The molecule has 6 aromatic carbocycles. The van der Waals surface area contributed by atoms with E-state index < -0.39 is 23.6 Å². The van der Waals surface area contributed by atoms with Gasteiger partial charge in [-0.1, -0.05) is 172 Å². The molecule has 0 fully saturated rings. The fraction of sp³-hybridized carbons (Fsp3) is 0.243. The van der Waals surface area contributed by atoms with Gasteiger partial charge in [0.25, 0.3) is 45.9 Å². The third-order valence-corrected chi connectivity index (χ3v) is 19.4. The monoisotopic (exact) mass is 1530 g/mol. The van der Waals surface area contributed by atoms with Crippen LogP contribution < -0.4 is 43.5 Å². The number of fused-ring (bicyclic) bond motifs is 2. The second kappa shape index (κ2) is 32.6. The van der Waals surface area contributed by atoms with Crippen LogP contribution in [0, 0.1) is 0 Å². The number of aryl methyl sites for hydroxylation is 2. The van der Waals surface area contributed by atoms with Crippen molar-refractivity contribution in [3.8, 4) is 0 Å². The van der Waals surface area contributed by atoms with E-state index in [1.54, 1.807) is 129 Å². The second-order valence-electron chi connectivity index (χ2n) is 25.3. The number of nitrogen functional groups attached to an aromatic ring is 2. The maximum absolute atomic E-state index is 12.8. The molecule has 0 unspecified atom stereocenters. The summed E-state index contributed by atoms with van der Waals surface area (Å²) in [6.07, 6.45) is 1.48. The van der Waals surface area contributed by atoms with Gasteiger partial charge in [0.05, 0.1) is 56.4 Å². The molecule has 20 nitrogen and oxygen atoms in total. The lowest BCUT2D eigenvalue weighted by molar-refractivity contribution is 0.0910. The zero-order chi connectivity index (χ0) is 74.6. The van der Waals surface area contributed by atoms with Crippen LogP contribution in [0.15, 0.2) is 141 Å². The van der Waals surface area contributed by atoms with E-state index >= 15 is 0 Å². The van der Waals surface area contributed by atoms with E-state index in [1.165, 1.54) is 9.36 Å². The largest absolute Gasteiger partial charge is 0.399 e. The topological polar surface area (TPSA) is 288 Å². The molecule has 0 saturated heterocycles. The van der Waals surface area contributed by atoms with Crippen molar-refractivity contribution >= 4 is 139 Å². The Hall–Kier alpha value is -8.96. The minimum absolute atomic E-state index is 0.0395. The predicted molar refractivity (Wildman–Crippen MR) is 406 cm³/mol. The van der Waals surface area contributed by atoms with Gasteiger partial charge < -0.3 is 11.5 Å². The van der Waals surface area contributed by atoms with Crippen molar-refractivity contribution in [3.63, 3.8) is 0 Å². The molecule has 4 amide bonds. The lowest BCUT2D eigenvalue weighted by atomic mass is 10.0. The van der Waals surface area contributed by atoms with E-state index in [9.17, 15) is 38.4 Å².